The Morgan fingerprint density at radius 2 is 2.26 bits per heavy atom. The summed E-state index contributed by atoms with van der Waals surface area (Å²) in [5.74, 6) is 1.02. The molecule has 27 heavy (non-hydrogen) atoms. The predicted molar refractivity (Wildman–Crippen MR) is 109 cm³/mol. The first-order valence-corrected chi connectivity index (χ1v) is 10.5. The van der Waals surface area contributed by atoms with E-state index >= 15 is 0 Å². The Labute approximate surface area is 163 Å². The molecule has 2 aliphatic heterocycles. The Morgan fingerprint density at radius 1 is 1.37 bits per heavy atom. The number of guanidine groups is 1. The lowest BCUT2D eigenvalue weighted by Gasteiger charge is -2.35. The Bertz CT molecular complexity index is 601. The van der Waals surface area contributed by atoms with E-state index in [1.54, 1.807) is 0 Å². The number of aliphatic imine (C=N–C) groups is 1. The highest BCUT2D eigenvalue weighted by molar-refractivity contribution is 5.80. The van der Waals surface area contributed by atoms with Crippen molar-refractivity contribution in [3.63, 3.8) is 0 Å². The third-order valence-corrected chi connectivity index (χ3v) is 5.60. The van der Waals surface area contributed by atoms with Gasteiger partial charge in [-0.25, -0.2) is 0 Å². The molecule has 0 aliphatic carbocycles. The number of hydrogen-bond acceptors (Lipinski definition) is 4. The quantitative estimate of drug-likeness (QED) is 0.468. The van der Waals surface area contributed by atoms with E-state index in [0.717, 1.165) is 63.3 Å². The van der Waals surface area contributed by atoms with Crippen LogP contribution >= 0.6 is 0 Å². The molecular formula is C20H36N6O. The van der Waals surface area contributed by atoms with Gasteiger partial charge in [0, 0.05) is 51.0 Å². The highest BCUT2D eigenvalue weighted by atomic mass is 16.5. The van der Waals surface area contributed by atoms with Crippen molar-refractivity contribution in [2.45, 2.75) is 51.7 Å². The zero-order valence-corrected chi connectivity index (χ0v) is 17.2. The lowest BCUT2D eigenvalue weighted by molar-refractivity contribution is -0.00804. The average molecular weight is 377 g/mol. The molecule has 3 heterocycles. The molecule has 1 aromatic heterocycles. The van der Waals surface area contributed by atoms with Crippen LogP contribution in [0, 0.1) is 0 Å². The van der Waals surface area contributed by atoms with Crippen LogP contribution in [0.2, 0.25) is 0 Å². The summed E-state index contributed by atoms with van der Waals surface area (Å²) < 4.78 is 7.80. The average Bonchev–Trinajstić information content (AvgIpc) is 3.12. The molecule has 0 radical (unpaired) electrons. The zero-order valence-electron chi connectivity index (χ0n) is 17.2. The summed E-state index contributed by atoms with van der Waals surface area (Å²) >= 11 is 0. The van der Waals surface area contributed by atoms with Crippen LogP contribution < -0.4 is 5.32 Å². The molecule has 7 heteroatoms. The van der Waals surface area contributed by atoms with Crippen LogP contribution in [0.3, 0.4) is 0 Å². The molecule has 152 valence electrons. The number of piperidine rings is 1. The number of nitrogens with one attached hydrogen (secondary N) is 1. The minimum Gasteiger partial charge on any atom is -0.370 e. The SMILES string of the molecule is CCNC(=NCCCN1CCCCC1C)N1CCOC(c2cnn(C)c2)C1. The number of aromatic nitrogens is 2. The largest absolute Gasteiger partial charge is 0.370 e. The van der Waals surface area contributed by atoms with Gasteiger partial charge >= 0.3 is 0 Å². The highest BCUT2D eigenvalue weighted by Gasteiger charge is 2.25. The summed E-state index contributed by atoms with van der Waals surface area (Å²) in [5, 5.41) is 7.74. The van der Waals surface area contributed by atoms with Gasteiger partial charge in [0.2, 0.25) is 0 Å². The summed E-state index contributed by atoms with van der Waals surface area (Å²) in [6.45, 7) is 11.1. The molecule has 1 aromatic rings. The van der Waals surface area contributed by atoms with Crippen LogP contribution in [0.4, 0.5) is 0 Å². The van der Waals surface area contributed by atoms with Gasteiger partial charge in [0.15, 0.2) is 5.96 Å². The van der Waals surface area contributed by atoms with Gasteiger partial charge in [0.05, 0.1) is 19.3 Å². The number of nitrogens with zero attached hydrogens (tertiary/aromatic N) is 5. The number of aryl methyl sites for hydroxylation is 1. The van der Waals surface area contributed by atoms with Crippen molar-refractivity contribution in [1.82, 2.24) is 24.9 Å². The van der Waals surface area contributed by atoms with Gasteiger partial charge in [-0.1, -0.05) is 6.42 Å². The van der Waals surface area contributed by atoms with Crippen LogP contribution in [0.25, 0.3) is 0 Å². The van der Waals surface area contributed by atoms with Crippen LogP contribution in [0.1, 0.15) is 51.2 Å². The second-order valence-electron chi connectivity index (χ2n) is 7.72. The minimum atomic E-state index is 0.0607. The third-order valence-electron chi connectivity index (χ3n) is 5.60. The lowest BCUT2D eigenvalue weighted by atomic mass is 10.0. The fourth-order valence-corrected chi connectivity index (χ4v) is 4.02. The topological polar surface area (TPSA) is 57.9 Å². The highest BCUT2D eigenvalue weighted by Crippen LogP contribution is 2.21. The summed E-state index contributed by atoms with van der Waals surface area (Å²) in [5.41, 5.74) is 1.14. The molecule has 1 N–H and O–H groups in total. The fraction of sp³-hybridized carbons (Fsp3) is 0.800. The number of ether oxygens (including phenoxy) is 1. The molecule has 0 spiro atoms. The number of hydrogen-bond donors (Lipinski definition) is 1. The maximum Gasteiger partial charge on any atom is 0.194 e. The van der Waals surface area contributed by atoms with Crippen molar-refractivity contribution >= 4 is 5.96 Å². The van der Waals surface area contributed by atoms with E-state index in [2.05, 4.69) is 34.1 Å². The van der Waals surface area contributed by atoms with Crippen molar-refractivity contribution in [2.75, 3.05) is 45.9 Å². The van der Waals surface area contributed by atoms with Crippen molar-refractivity contribution in [2.24, 2.45) is 12.0 Å². The van der Waals surface area contributed by atoms with E-state index < -0.39 is 0 Å². The Balaban J connectivity index is 1.52. The molecule has 7 nitrogen and oxygen atoms in total. The molecule has 0 amide bonds. The minimum absolute atomic E-state index is 0.0607. The summed E-state index contributed by atoms with van der Waals surface area (Å²) in [6.07, 6.45) is 9.20. The van der Waals surface area contributed by atoms with Crippen LogP contribution in [-0.4, -0.2) is 77.5 Å². The monoisotopic (exact) mass is 376 g/mol. The standard InChI is InChI=1S/C20H36N6O/c1-4-21-20(22-9-7-11-25-10-6-5-8-17(25)2)26-12-13-27-19(16-26)18-14-23-24(3)15-18/h14-15,17,19H,4-13,16H2,1-3H3,(H,21,22). The summed E-state index contributed by atoms with van der Waals surface area (Å²) in [6, 6.07) is 0.732. The van der Waals surface area contributed by atoms with Gasteiger partial charge in [-0.3, -0.25) is 9.67 Å². The van der Waals surface area contributed by atoms with Gasteiger partial charge in [-0.15, -0.1) is 0 Å². The second-order valence-corrected chi connectivity index (χ2v) is 7.72. The predicted octanol–water partition coefficient (Wildman–Crippen LogP) is 2.02. The molecule has 0 bridgehead atoms. The molecule has 2 fully saturated rings. The number of likely N-dealkylation sites (tertiary alicyclic amines) is 1. The zero-order chi connectivity index (χ0) is 19.1. The third kappa shape index (κ3) is 5.69. The van der Waals surface area contributed by atoms with Crippen molar-refractivity contribution in [1.29, 1.82) is 0 Å². The van der Waals surface area contributed by atoms with Crippen molar-refractivity contribution in [3.05, 3.63) is 18.0 Å². The number of morpholine rings is 1. The molecule has 2 saturated heterocycles. The molecule has 3 rings (SSSR count). The fourth-order valence-electron chi connectivity index (χ4n) is 4.02. The van der Waals surface area contributed by atoms with E-state index in [1.165, 1.54) is 25.8 Å². The Kier molecular flexibility index (Phi) is 7.52. The summed E-state index contributed by atoms with van der Waals surface area (Å²) in [4.78, 5) is 9.86. The van der Waals surface area contributed by atoms with E-state index in [9.17, 15) is 0 Å². The van der Waals surface area contributed by atoms with E-state index in [0.29, 0.717) is 0 Å². The molecule has 2 atom stereocenters. The van der Waals surface area contributed by atoms with E-state index in [4.69, 9.17) is 9.73 Å². The lowest BCUT2D eigenvalue weighted by Crippen LogP contribution is -2.48. The second kappa shape index (κ2) is 10.1. The molecule has 2 unspecified atom stereocenters. The Morgan fingerprint density at radius 3 is 3.00 bits per heavy atom. The van der Waals surface area contributed by atoms with Crippen LogP contribution in [0.5, 0.6) is 0 Å². The summed E-state index contributed by atoms with van der Waals surface area (Å²) in [7, 11) is 1.94. The molecule has 2 aliphatic rings. The maximum atomic E-state index is 5.97. The van der Waals surface area contributed by atoms with Crippen molar-refractivity contribution in [3.8, 4) is 0 Å². The molecule has 0 saturated carbocycles. The first kappa shape index (κ1) is 20.1. The van der Waals surface area contributed by atoms with E-state index in [1.807, 2.05) is 24.1 Å². The van der Waals surface area contributed by atoms with Gasteiger partial charge in [-0.05, 0) is 39.7 Å². The Hall–Kier alpha value is -1.60. The maximum absolute atomic E-state index is 5.97. The molecular weight excluding hydrogens is 340 g/mol. The smallest absolute Gasteiger partial charge is 0.194 e. The normalized spacial score (nSPS) is 25.0. The van der Waals surface area contributed by atoms with Crippen molar-refractivity contribution < 1.29 is 4.74 Å². The first-order chi connectivity index (χ1) is 13.2. The van der Waals surface area contributed by atoms with Crippen LogP contribution in [0.15, 0.2) is 17.4 Å². The van der Waals surface area contributed by atoms with Gasteiger partial charge in [0.25, 0.3) is 0 Å². The van der Waals surface area contributed by atoms with Gasteiger partial charge in [0.1, 0.15) is 6.10 Å². The van der Waals surface area contributed by atoms with Gasteiger partial charge < -0.3 is 19.9 Å². The van der Waals surface area contributed by atoms with Crippen LogP contribution in [-0.2, 0) is 11.8 Å². The van der Waals surface area contributed by atoms with E-state index in [-0.39, 0.29) is 6.10 Å². The first-order valence-electron chi connectivity index (χ1n) is 10.5. The van der Waals surface area contributed by atoms with Gasteiger partial charge in [-0.2, -0.15) is 5.10 Å². The molecule has 0 aromatic carbocycles. The number of rotatable bonds is 6.